The van der Waals surface area contributed by atoms with E-state index in [4.69, 9.17) is 4.52 Å². The Morgan fingerprint density at radius 2 is 2.07 bits per heavy atom. The lowest BCUT2D eigenvalue weighted by Gasteiger charge is -2.24. The quantitative estimate of drug-likeness (QED) is 0.337. The molecule has 0 amide bonds. The Bertz CT molecular complexity index is 708. The third-order valence-corrected chi connectivity index (χ3v) is 4.10. The van der Waals surface area contributed by atoms with Crippen LogP contribution in [0.4, 0.5) is 0 Å². The van der Waals surface area contributed by atoms with Crippen LogP contribution < -0.4 is 10.6 Å². The summed E-state index contributed by atoms with van der Waals surface area (Å²) in [5, 5.41) is 15.0. The van der Waals surface area contributed by atoms with Gasteiger partial charge in [-0.3, -0.25) is 4.68 Å². The average molecular weight is 489 g/mol. The number of nitrogens with one attached hydrogen (secondary N) is 2. The minimum absolute atomic E-state index is 0. The highest BCUT2D eigenvalue weighted by atomic mass is 127. The predicted octanol–water partition coefficient (Wildman–Crippen LogP) is 2.51. The topological polar surface area (TPSA) is 83.5 Å². The summed E-state index contributed by atoms with van der Waals surface area (Å²) < 4.78 is 7.18. The fourth-order valence-corrected chi connectivity index (χ4v) is 2.58. The molecule has 8 nitrogen and oxygen atoms in total. The first kappa shape index (κ1) is 23.4. The molecule has 0 saturated carbocycles. The zero-order valence-electron chi connectivity index (χ0n) is 17.1. The van der Waals surface area contributed by atoms with Crippen molar-refractivity contribution in [3.8, 4) is 0 Å². The van der Waals surface area contributed by atoms with Crippen LogP contribution in [-0.2, 0) is 13.6 Å². The van der Waals surface area contributed by atoms with E-state index >= 15 is 0 Å². The average Bonchev–Trinajstić information content (AvgIpc) is 3.21. The zero-order chi connectivity index (χ0) is 19.1. The maximum absolute atomic E-state index is 5.36. The van der Waals surface area contributed by atoms with Gasteiger partial charge in [0.15, 0.2) is 11.7 Å². The first-order valence-electron chi connectivity index (χ1n) is 9.03. The van der Waals surface area contributed by atoms with E-state index in [2.05, 4.69) is 58.7 Å². The van der Waals surface area contributed by atoms with Gasteiger partial charge in [0.25, 0.3) is 0 Å². The van der Waals surface area contributed by atoms with E-state index in [-0.39, 0.29) is 30.0 Å². The second-order valence-electron chi connectivity index (χ2n) is 6.88. The van der Waals surface area contributed by atoms with Gasteiger partial charge in [-0.1, -0.05) is 19.0 Å². The Hall–Kier alpha value is -1.62. The summed E-state index contributed by atoms with van der Waals surface area (Å²) in [5.41, 5.74) is 2.12. The molecule has 9 heteroatoms. The molecule has 0 fully saturated rings. The number of aryl methyl sites for hydroxylation is 1. The van der Waals surface area contributed by atoms with Crippen molar-refractivity contribution in [1.29, 1.82) is 0 Å². The van der Waals surface area contributed by atoms with Crippen molar-refractivity contribution in [3.63, 3.8) is 0 Å². The molecule has 0 radical (unpaired) electrons. The summed E-state index contributed by atoms with van der Waals surface area (Å²) in [7, 11) is 6.05. The molecule has 0 aromatic carbocycles. The maximum atomic E-state index is 5.36. The van der Waals surface area contributed by atoms with Crippen LogP contribution in [0.25, 0.3) is 0 Å². The molecule has 2 N–H and O–H groups in total. The van der Waals surface area contributed by atoms with Crippen molar-refractivity contribution in [3.05, 3.63) is 35.5 Å². The Morgan fingerprint density at radius 1 is 1.33 bits per heavy atom. The molecule has 152 valence electrons. The first-order valence-corrected chi connectivity index (χ1v) is 9.03. The standard InChI is InChI=1S/C18H31N7O.HI/c1-7-19-18(20-10-15-8-16(13(2)3)23-26-15)21-11-17(24(4)5)14-9-22-25(6)12-14;/h8-9,12-13,17H,7,10-11H2,1-6H3,(H2,19,20,21);1H. The van der Waals surface area contributed by atoms with Crippen LogP contribution in [0.3, 0.4) is 0 Å². The van der Waals surface area contributed by atoms with Crippen LogP contribution in [0.15, 0.2) is 28.0 Å². The molecule has 0 aliphatic rings. The maximum Gasteiger partial charge on any atom is 0.191 e. The molecule has 27 heavy (non-hydrogen) atoms. The van der Waals surface area contributed by atoms with Gasteiger partial charge >= 0.3 is 0 Å². The first-order chi connectivity index (χ1) is 12.4. The van der Waals surface area contributed by atoms with Crippen LogP contribution >= 0.6 is 24.0 Å². The van der Waals surface area contributed by atoms with Crippen LogP contribution in [0.5, 0.6) is 0 Å². The Morgan fingerprint density at radius 3 is 2.59 bits per heavy atom. The predicted molar refractivity (Wildman–Crippen MR) is 118 cm³/mol. The third kappa shape index (κ3) is 7.13. The number of rotatable bonds is 8. The lowest BCUT2D eigenvalue weighted by atomic mass is 10.1. The van der Waals surface area contributed by atoms with E-state index in [0.717, 1.165) is 36.1 Å². The number of aromatic nitrogens is 3. The van der Waals surface area contributed by atoms with Crippen molar-refractivity contribution >= 4 is 29.9 Å². The summed E-state index contributed by atoms with van der Waals surface area (Å²) in [6.07, 6.45) is 3.94. The van der Waals surface area contributed by atoms with Gasteiger partial charge in [-0.2, -0.15) is 5.10 Å². The molecule has 2 heterocycles. The molecule has 0 aliphatic heterocycles. The van der Waals surface area contributed by atoms with Gasteiger partial charge in [-0.05, 0) is 26.9 Å². The van der Waals surface area contributed by atoms with Gasteiger partial charge < -0.3 is 20.1 Å². The van der Waals surface area contributed by atoms with Crippen molar-refractivity contribution in [2.75, 3.05) is 27.2 Å². The van der Waals surface area contributed by atoms with Gasteiger partial charge in [0.1, 0.15) is 6.54 Å². The Balaban J connectivity index is 0.00000364. The van der Waals surface area contributed by atoms with Gasteiger partial charge in [0.2, 0.25) is 0 Å². The SMILES string of the molecule is CCNC(=NCc1cc(C(C)C)no1)NCC(c1cnn(C)c1)N(C)C.I. The molecule has 0 spiro atoms. The van der Waals surface area contributed by atoms with E-state index in [1.807, 2.05) is 37.1 Å². The smallest absolute Gasteiger partial charge is 0.191 e. The van der Waals surface area contributed by atoms with Gasteiger partial charge in [0.05, 0.1) is 17.9 Å². The third-order valence-electron chi connectivity index (χ3n) is 4.10. The number of hydrogen-bond acceptors (Lipinski definition) is 5. The zero-order valence-corrected chi connectivity index (χ0v) is 19.4. The van der Waals surface area contributed by atoms with Crippen molar-refractivity contribution in [2.24, 2.45) is 12.0 Å². The van der Waals surface area contributed by atoms with Crippen LogP contribution in [-0.4, -0.2) is 53.0 Å². The molecule has 0 saturated heterocycles. The Kier molecular flexibility index (Phi) is 9.78. The fourth-order valence-electron chi connectivity index (χ4n) is 2.58. The van der Waals surface area contributed by atoms with Crippen LogP contribution in [0.1, 0.15) is 49.7 Å². The summed E-state index contributed by atoms with van der Waals surface area (Å²) in [5.74, 6) is 1.87. The van der Waals surface area contributed by atoms with Gasteiger partial charge in [-0.15, -0.1) is 24.0 Å². The fraction of sp³-hybridized carbons (Fsp3) is 0.611. The largest absolute Gasteiger partial charge is 0.359 e. The van der Waals surface area contributed by atoms with Gasteiger partial charge in [0, 0.05) is 38.0 Å². The molecule has 0 aliphatic carbocycles. The van der Waals surface area contributed by atoms with Gasteiger partial charge in [-0.25, -0.2) is 4.99 Å². The number of halogens is 1. The Labute approximate surface area is 178 Å². The summed E-state index contributed by atoms with van der Waals surface area (Å²) in [6, 6.07) is 2.17. The lowest BCUT2D eigenvalue weighted by molar-refractivity contribution is 0.298. The number of guanidine groups is 1. The minimum atomic E-state index is 0. The number of nitrogens with zero attached hydrogens (tertiary/aromatic N) is 5. The highest BCUT2D eigenvalue weighted by Gasteiger charge is 2.16. The molecule has 2 aromatic rings. The number of likely N-dealkylation sites (N-methyl/N-ethyl adjacent to an activating group) is 1. The second kappa shape index (κ2) is 11.3. The molecule has 1 atom stereocenters. The molecule has 2 aromatic heterocycles. The monoisotopic (exact) mass is 489 g/mol. The lowest BCUT2D eigenvalue weighted by Crippen LogP contribution is -2.41. The van der Waals surface area contributed by atoms with E-state index in [0.29, 0.717) is 12.5 Å². The molecule has 1 unspecified atom stereocenters. The highest BCUT2D eigenvalue weighted by Crippen LogP contribution is 2.16. The second-order valence-corrected chi connectivity index (χ2v) is 6.88. The number of hydrogen-bond donors (Lipinski definition) is 2. The highest BCUT2D eigenvalue weighted by molar-refractivity contribution is 14.0. The van der Waals surface area contributed by atoms with E-state index < -0.39 is 0 Å². The van der Waals surface area contributed by atoms with Crippen molar-refractivity contribution in [2.45, 2.75) is 39.3 Å². The summed E-state index contributed by atoms with van der Waals surface area (Å²) in [4.78, 5) is 6.77. The molecule has 2 rings (SSSR count). The van der Waals surface area contributed by atoms with Crippen LogP contribution in [0.2, 0.25) is 0 Å². The molecular formula is C18H32IN7O. The van der Waals surface area contributed by atoms with E-state index in [1.165, 1.54) is 0 Å². The molecule has 0 bridgehead atoms. The number of aliphatic imine (C=N–C) groups is 1. The molecular weight excluding hydrogens is 457 g/mol. The minimum Gasteiger partial charge on any atom is -0.359 e. The van der Waals surface area contributed by atoms with Crippen molar-refractivity contribution < 1.29 is 4.52 Å². The van der Waals surface area contributed by atoms with E-state index in [1.54, 1.807) is 0 Å². The summed E-state index contributed by atoms with van der Waals surface area (Å²) >= 11 is 0. The summed E-state index contributed by atoms with van der Waals surface area (Å²) in [6.45, 7) is 8.20. The van der Waals surface area contributed by atoms with Crippen molar-refractivity contribution in [1.82, 2.24) is 30.5 Å². The van der Waals surface area contributed by atoms with E-state index in [9.17, 15) is 0 Å². The van der Waals surface area contributed by atoms with Crippen LogP contribution in [0, 0.1) is 0 Å². The normalized spacial score (nSPS) is 13.0.